The zero-order valence-electron chi connectivity index (χ0n) is 27.1. The molecule has 2 aliphatic heterocycles. The maximum Gasteiger partial charge on any atom is 0.220 e. The molecule has 10 nitrogen and oxygen atoms in total. The number of imidazole rings is 1. The largest absolute Gasteiger partial charge is 0.481 e. The molecule has 4 N–H and O–H groups in total. The van der Waals surface area contributed by atoms with Gasteiger partial charge in [-0.3, -0.25) is 9.59 Å². The summed E-state index contributed by atoms with van der Waals surface area (Å²) in [5.74, 6) is 0.726. The summed E-state index contributed by atoms with van der Waals surface area (Å²) in [6.07, 6.45) is 6.77. The molecule has 2 amide bonds. The average molecular weight is 699 g/mol. The van der Waals surface area contributed by atoms with E-state index in [4.69, 9.17) is 32.9 Å². The molecule has 0 bridgehead atoms. The summed E-state index contributed by atoms with van der Waals surface area (Å²) < 4.78 is 7.72. The maximum atomic E-state index is 11.5. The Morgan fingerprint density at radius 3 is 2.10 bits per heavy atom. The van der Waals surface area contributed by atoms with Crippen molar-refractivity contribution in [3.8, 4) is 39.4 Å². The number of aromatic nitrogens is 3. The van der Waals surface area contributed by atoms with Crippen LogP contribution in [0.15, 0.2) is 73.1 Å². The molecular formula is C37H37Cl2N7O3. The van der Waals surface area contributed by atoms with Crippen molar-refractivity contribution in [2.24, 2.45) is 0 Å². The molecule has 2 fully saturated rings. The van der Waals surface area contributed by atoms with Crippen LogP contribution in [0.3, 0.4) is 0 Å². The molecule has 3 aromatic heterocycles. The fraction of sp³-hybridized carbons (Fsp3) is 0.297. The first-order valence-electron chi connectivity index (χ1n) is 16.5. The Balaban J connectivity index is 1.11. The molecule has 0 spiro atoms. The molecule has 0 radical (unpaired) electrons. The van der Waals surface area contributed by atoms with Gasteiger partial charge in [0.2, 0.25) is 17.7 Å². The Morgan fingerprint density at radius 1 is 0.816 bits per heavy atom. The second-order valence-electron chi connectivity index (χ2n) is 12.5. The predicted molar refractivity (Wildman–Crippen MR) is 192 cm³/mol. The standard InChI is InChI=1S/C37H37Cl2N7O3/c1-49-37-22(16-40-17-24-10-14-33(47)43-24)8-12-31(45-37)30-7-3-6-29(36(30)39)28-5-2-4-27(35(28)38)23-9-13-32-42-20-26(46(32)21-23)19-41-18-25-11-15-34(48)44-25/h2-9,12-13,20-21,24-25,40-41H,10-11,14-19H2,1H3,(H,43,47)(H,44,48)/t24-,25+/m1/s1. The molecule has 2 atom stereocenters. The lowest BCUT2D eigenvalue weighted by Crippen LogP contribution is -2.35. The van der Waals surface area contributed by atoms with Gasteiger partial charge in [-0.15, -0.1) is 0 Å². The van der Waals surface area contributed by atoms with Crippen LogP contribution in [0.5, 0.6) is 5.88 Å². The molecule has 12 heteroatoms. The number of benzene rings is 2. The summed E-state index contributed by atoms with van der Waals surface area (Å²) in [7, 11) is 1.61. The Labute approximate surface area is 294 Å². The van der Waals surface area contributed by atoms with E-state index < -0.39 is 0 Å². The van der Waals surface area contributed by atoms with Crippen molar-refractivity contribution in [2.45, 2.75) is 50.9 Å². The van der Waals surface area contributed by atoms with Gasteiger partial charge in [0.25, 0.3) is 0 Å². The van der Waals surface area contributed by atoms with Gasteiger partial charge < -0.3 is 30.4 Å². The number of pyridine rings is 2. The van der Waals surface area contributed by atoms with E-state index in [9.17, 15) is 9.59 Å². The topological polar surface area (TPSA) is 122 Å². The van der Waals surface area contributed by atoms with Crippen molar-refractivity contribution in [3.63, 3.8) is 0 Å². The van der Waals surface area contributed by atoms with E-state index in [1.165, 1.54) is 0 Å². The van der Waals surface area contributed by atoms with Crippen LogP contribution in [0.1, 0.15) is 36.9 Å². The highest BCUT2D eigenvalue weighted by molar-refractivity contribution is 6.39. The molecule has 2 aromatic carbocycles. The van der Waals surface area contributed by atoms with Crippen molar-refractivity contribution < 1.29 is 14.3 Å². The van der Waals surface area contributed by atoms with E-state index in [1.54, 1.807) is 7.11 Å². The minimum atomic E-state index is 0.102. The SMILES string of the molecule is COc1nc(-c2cccc(-c3cccc(-c4ccc5ncc(CNC[C@@H]6CCC(=O)N6)n5c4)c3Cl)c2Cl)ccc1CNC[C@H]1CCC(=O)N1. The van der Waals surface area contributed by atoms with Gasteiger partial charge in [0, 0.05) is 85.1 Å². The van der Waals surface area contributed by atoms with Crippen LogP contribution in [0.2, 0.25) is 10.0 Å². The summed E-state index contributed by atoms with van der Waals surface area (Å²) in [5, 5.41) is 14.0. The highest BCUT2D eigenvalue weighted by atomic mass is 35.5. The van der Waals surface area contributed by atoms with Gasteiger partial charge in [-0.25, -0.2) is 9.97 Å². The fourth-order valence-corrected chi connectivity index (χ4v) is 7.23. The van der Waals surface area contributed by atoms with Crippen LogP contribution in [0, 0.1) is 0 Å². The highest BCUT2D eigenvalue weighted by Gasteiger charge is 2.22. The van der Waals surface area contributed by atoms with Crippen LogP contribution in [0.25, 0.3) is 39.2 Å². The number of fused-ring (bicyclic) bond motifs is 1. The van der Waals surface area contributed by atoms with Crippen molar-refractivity contribution in [3.05, 3.63) is 94.4 Å². The van der Waals surface area contributed by atoms with Crippen molar-refractivity contribution in [2.75, 3.05) is 20.2 Å². The fourth-order valence-electron chi connectivity index (χ4n) is 6.57. The van der Waals surface area contributed by atoms with Crippen LogP contribution in [-0.2, 0) is 22.7 Å². The van der Waals surface area contributed by atoms with Gasteiger partial charge in [-0.2, -0.15) is 0 Å². The molecule has 0 saturated carbocycles. The first kappa shape index (κ1) is 33.0. The number of hydrogen-bond acceptors (Lipinski definition) is 7. The summed E-state index contributed by atoms with van der Waals surface area (Å²) in [6, 6.07) is 20.0. The number of carbonyl (C=O) groups is 2. The third kappa shape index (κ3) is 7.14. The maximum absolute atomic E-state index is 11.5. The van der Waals surface area contributed by atoms with E-state index in [0.29, 0.717) is 60.6 Å². The quantitative estimate of drug-likeness (QED) is 0.130. The molecule has 7 rings (SSSR count). The van der Waals surface area contributed by atoms with Gasteiger partial charge in [-0.1, -0.05) is 65.7 Å². The Morgan fingerprint density at radius 2 is 1.45 bits per heavy atom. The van der Waals surface area contributed by atoms with E-state index in [0.717, 1.165) is 57.6 Å². The molecule has 5 aromatic rings. The summed E-state index contributed by atoms with van der Waals surface area (Å²) in [5.41, 5.74) is 7.63. The number of ether oxygens (including phenoxy) is 1. The van der Waals surface area contributed by atoms with Gasteiger partial charge in [0.15, 0.2) is 0 Å². The normalized spacial score (nSPS) is 17.4. The molecule has 0 aliphatic carbocycles. The summed E-state index contributed by atoms with van der Waals surface area (Å²) in [6.45, 7) is 2.56. The minimum Gasteiger partial charge on any atom is -0.481 e. The zero-order chi connectivity index (χ0) is 33.9. The van der Waals surface area contributed by atoms with Gasteiger partial charge >= 0.3 is 0 Å². The molecule has 49 heavy (non-hydrogen) atoms. The predicted octanol–water partition coefficient (Wildman–Crippen LogP) is 5.78. The zero-order valence-corrected chi connectivity index (χ0v) is 28.6. The second kappa shape index (κ2) is 14.6. The second-order valence-corrected chi connectivity index (χ2v) is 13.2. The van der Waals surface area contributed by atoms with Gasteiger partial charge in [-0.05, 0) is 36.6 Å². The number of nitrogens with one attached hydrogen (secondary N) is 4. The van der Waals surface area contributed by atoms with Crippen molar-refractivity contribution >= 4 is 40.7 Å². The number of methoxy groups -OCH3 is 1. The van der Waals surface area contributed by atoms with Gasteiger partial charge in [0.1, 0.15) is 5.65 Å². The van der Waals surface area contributed by atoms with Crippen molar-refractivity contribution in [1.82, 2.24) is 35.6 Å². The molecule has 2 saturated heterocycles. The average Bonchev–Trinajstić information content (AvgIpc) is 3.84. The molecular weight excluding hydrogens is 661 g/mol. The van der Waals surface area contributed by atoms with Crippen molar-refractivity contribution in [1.29, 1.82) is 0 Å². The van der Waals surface area contributed by atoms with Crippen LogP contribution in [-0.4, -0.2) is 58.5 Å². The minimum absolute atomic E-state index is 0.102. The number of hydrogen-bond donors (Lipinski definition) is 4. The summed E-state index contributed by atoms with van der Waals surface area (Å²) >= 11 is 14.3. The molecule has 2 aliphatic rings. The number of rotatable bonds is 12. The first-order chi connectivity index (χ1) is 23.9. The Hall–Kier alpha value is -4.48. The Bertz CT molecular complexity index is 2030. The first-order valence-corrected chi connectivity index (χ1v) is 17.2. The Kier molecular flexibility index (Phi) is 9.81. The van der Waals surface area contributed by atoms with E-state index in [2.05, 4.69) is 36.8 Å². The van der Waals surface area contributed by atoms with E-state index >= 15 is 0 Å². The van der Waals surface area contributed by atoms with E-state index in [1.807, 2.05) is 66.9 Å². The van der Waals surface area contributed by atoms with Crippen LogP contribution in [0.4, 0.5) is 0 Å². The highest BCUT2D eigenvalue weighted by Crippen LogP contribution is 2.42. The number of nitrogens with zero attached hydrogens (tertiary/aromatic N) is 3. The van der Waals surface area contributed by atoms with Gasteiger partial charge in [0.05, 0.1) is 34.7 Å². The summed E-state index contributed by atoms with van der Waals surface area (Å²) in [4.78, 5) is 32.4. The van der Waals surface area contributed by atoms with Crippen LogP contribution >= 0.6 is 23.2 Å². The lowest BCUT2D eigenvalue weighted by Gasteiger charge is -2.16. The number of halogens is 2. The third-order valence-electron chi connectivity index (χ3n) is 9.16. The lowest BCUT2D eigenvalue weighted by molar-refractivity contribution is -0.120. The number of carbonyl (C=O) groups excluding carboxylic acids is 2. The number of amides is 2. The van der Waals surface area contributed by atoms with Crippen LogP contribution < -0.4 is 26.0 Å². The third-order valence-corrected chi connectivity index (χ3v) is 9.98. The smallest absolute Gasteiger partial charge is 0.220 e. The molecule has 5 heterocycles. The molecule has 0 unspecified atom stereocenters. The lowest BCUT2D eigenvalue weighted by atomic mass is 9.97. The molecule has 252 valence electrons. The van der Waals surface area contributed by atoms with E-state index in [-0.39, 0.29) is 23.9 Å². The monoisotopic (exact) mass is 697 g/mol.